The van der Waals surface area contributed by atoms with Crippen LogP contribution in [0.2, 0.25) is 0 Å². The van der Waals surface area contributed by atoms with E-state index in [9.17, 15) is 19.8 Å². The van der Waals surface area contributed by atoms with Gasteiger partial charge in [0.15, 0.2) is 11.5 Å². The van der Waals surface area contributed by atoms with Crippen molar-refractivity contribution in [3.8, 4) is 11.5 Å². The average Bonchev–Trinajstić information content (AvgIpc) is 2.90. The summed E-state index contributed by atoms with van der Waals surface area (Å²) < 4.78 is 5.01. The Balaban J connectivity index is 2.04. The second kappa shape index (κ2) is 5.27. The number of benzene rings is 1. The highest BCUT2D eigenvalue weighted by atomic mass is 32.2. The third-order valence-electron chi connectivity index (χ3n) is 3.28. The normalized spacial score (nSPS) is 18.5. The molecule has 0 amide bonds. The smallest absolute Gasteiger partial charge is 0.336 e. The lowest BCUT2D eigenvalue weighted by atomic mass is 10.1. The molecular formula is C15H12O6S. The first-order chi connectivity index (χ1) is 10.4. The number of carboxylic acids is 1. The summed E-state index contributed by atoms with van der Waals surface area (Å²) in [4.78, 5) is 22.5. The highest BCUT2D eigenvalue weighted by molar-refractivity contribution is 8.21. The minimum absolute atomic E-state index is 0.179. The van der Waals surface area contributed by atoms with E-state index in [1.807, 2.05) is 0 Å². The summed E-state index contributed by atoms with van der Waals surface area (Å²) >= 11 is 0. The van der Waals surface area contributed by atoms with Gasteiger partial charge in [-0.05, 0) is 28.5 Å². The fourth-order valence-corrected chi connectivity index (χ4v) is 4.09. The van der Waals surface area contributed by atoms with E-state index in [0.29, 0.717) is 16.7 Å². The van der Waals surface area contributed by atoms with Crippen LogP contribution in [0.3, 0.4) is 0 Å². The van der Waals surface area contributed by atoms with Crippen LogP contribution in [0.5, 0.6) is 11.5 Å². The topological polar surface area (TPSA) is 108 Å². The minimum Gasteiger partial charge on any atom is -0.504 e. The molecule has 114 valence electrons. The molecule has 1 unspecified atom stereocenters. The lowest BCUT2D eigenvalue weighted by molar-refractivity contribution is -0.132. The van der Waals surface area contributed by atoms with Crippen LogP contribution < -0.4 is 5.63 Å². The van der Waals surface area contributed by atoms with E-state index in [1.165, 1.54) is 18.2 Å². The fraction of sp³-hybridized carbons (Fsp3) is 0.0667. The number of phenols is 2. The molecule has 0 saturated heterocycles. The van der Waals surface area contributed by atoms with Crippen LogP contribution >= 0.6 is 10.9 Å². The van der Waals surface area contributed by atoms with E-state index in [-0.39, 0.29) is 22.7 Å². The zero-order valence-corrected chi connectivity index (χ0v) is 12.1. The molecule has 0 saturated carbocycles. The number of fused-ring (bicyclic) bond motifs is 1. The fourth-order valence-electron chi connectivity index (χ4n) is 2.24. The molecule has 0 radical (unpaired) electrons. The summed E-state index contributed by atoms with van der Waals surface area (Å²) in [5.41, 5.74) is 0.491. The molecule has 0 aliphatic carbocycles. The summed E-state index contributed by atoms with van der Waals surface area (Å²) in [6, 6.07) is 3.84. The molecule has 1 aromatic carbocycles. The number of thiol groups is 1. The van der Waals surface area contributed by atoms with Gasteiger partial charge in [0.1, 0.15) is 5.58 Å². The van der Waals surface area contributed by atoms with Crippen molar-refractivity contribution >= 4 is 27.8 Å². The van der Waals surface area contributed by atoms with Crippen LogP contribution in [0.15, 0.2) is 49.9 Å². The molecular weight excluding hydrogens is 308 g/mol. The van der Waals surface area contributed by atoms with Gasteiger partial charge in [0.2, 0.25) is 0 Å². The molecule has 0 bridgehead atoms. The lowest BCUT2D eigenvalue weighted by Crippen LogP contribution is -2.00. The maximum Gasteiger partial charge on any atom is 0.336 e. The van der Waals surface area contributed by atoms with Crippen LogP contribution in [-0.4, -0.2) is 21.3 Å². The maximum absolute atomic E-state index is 11.6. The van der Waals surface area contributed by atoms with Crippen molar-refractivity contribution < 1.29 is 24.5 Å². The molecule has 0 fully saturated rings. The van der Waals surface area contributed by atoms with E-state index in [1.54, 1.807) is 16.9 Å². The molecule has 2 aromatic rings. The Hall–Kier alpha value is -2.67. The van der Waals surface area contributed by atoms with E-state index in [4.69, 9.17) is 9.52 Å². The largest absolute Gasteiger partial charge is 0.504 e. The molecule has 1 atom stereocenters. The van der Waals surface area contributed by atoms with Crippen LogP contribution in [0.1, 0.15) is 5.56 Å². The van der Waals surface area contributed by atoms with E-state index in [2.05, 4.69) is 0 Å². The third kappa shape index (κ3) is 2.58. The number of phenolic OH excluding ortho intramolecular Hbond substituents is 2. The van der Waals surface area contributed by atoms with Crippen molar-refractivity contribution in [3.63, 3.8) is 0 Å². The summed E-state index contributed by atoms with van der Waals surface area (Å²) in [7, 11) is -0.844. The zero-order valence-electron chi connectivity index (χ0n) is 11.2. The standard InChI is InChI=1S/C15H12O6S/c16-11-4-10-9(3-14(18)21-13(10)5-12(11)17)7-22-2-1-8(6-22)15(19)20/h1-6,16-17,22H,7H2,(H,19,20). The van der Waals surface area contributed by atoms with Gasteiger partial charge < -0.3 is 19.7 Å². The van der Waals surface area contributed by atoms with Crippen molar-refractivity contribution in [3.05, 3.63) is 56.6 Å². The highest BCUT2D eigenvalue weighted by Gasteiger charge is 2.15. The number of hydrogen-bond donors (Lipinski definition) is 4. The minimum atomic E-state index is -0.985. The monoisotopic (exact) mass is 320 g/mol. The first-order valence-electron chi connectivity index (χ1n) is 6.32. The highest BCUT2D eigenvalue weighted by Crippen LogP contribution is 2.41. The van der Waals surface area contributed by atoms with Gasteiger partial charge in [-0.3, -0.25) is 0 Å². The molecule has 2 heterocycles. The molecule has 1 aromatic heterocycles. The first-order valence-corrected chi connectivity index (χ1v) is 7.98. The summed E-state index contributed by atoms with van der Waals surface area (Å²) in [5.74, 6) is -1.21. The lowest BCUT2D eigenvalue weighted by Gasteiger charge is -2.12. The van der Waals surface area contributed by atoms with Crippen LogP contribution in [0.4, 0.5) is 0 Å². The molecule has 1 aliphatic rings. The van der Waals surface area contributed by atoms with Crippen molar-refractivity contribution in [2.75, 3.05) is 0 Å². The Bertz CT molecular complexity index is 893. The summed E-state index contributed by atoms with van der Waals surface area (Å²) in [6.07, 6.45) is 1.55. The van der Waals surface area contributed by atoms with Crippen LogP contribution in [0.25, 0.3) is 11.0 Å². The van der Waals surface area contributed by atoms with E-state index < -0.39 is 22.5 Å². The van der Waals surface area contributed by atoms with E-state index in [0.717, 1.165) is 0 Å². The number of carbonyl (C=O) groups is 1. The number of hydrogen-bond acceptors (Lipinski definition) is 5. The predicted octanol–water partition coefficient (Wildman–Crippen LogP) is 2.20. The van der Waals surface area contributed by atoms with Gasteiger partial charge in [0.25, 0.3) is 0 Å². The predicted molar refractivity (Wildman–Crippen MR) is 83.4 cm³/mol. The van der Waals surface area contributed by atoms with Gasteiger partial charge in [0, 0.05) is 23.3 Å². The molecule has 0 spiro atoms. The Kier molecular flexibility index (Phi) is 3.42. The van der Waals surface area contributed by atoms with Gasteiger partial charge in [-0.1, -0.05) is 0 Å². The van der Waals surface area contributed by atoms with Crippen LogP contribution in [-0.2, 0) is 10.5 Å². The average molecular weight is 320 g/mol. The molecule has 1 aliphatic heterocycles. The molecule has 7 heteroatoms. The summed E-state index contributed by atoms with van der Waals surface area (Å²) in [5, 5.41) is 32.0. The Morgan fingerprint density at radius 3 is 2.59 bits per heavy atom. The van der Waals surface area contributed by atoms with Gasteiger partial charge in [-0.25, -0.2) is 20.5 Å². The summed E-state index contributed by atoms with van der Waals surface area (Å²) in [6.45, 7) is 0. The van der Waals surface area contributed by atoms with Gasteiger partial charge in [-0.2, -0.15) is 0 Å². The first kappa shape index (κ1) is 14.3. The Morgan fingerprint density at radius 1 is 1.18 bits per heavy atom. The molecule has 22 heavy (non-hydrogen) atoms. The number of aliphatic carboxylic acids is 1. The SMILES string of the molecule is O=C(O)C1=C[SH](Cc2cc(=O)oc3cc(O)c(O)cc23)C=C1. The van der Waals surface area contributed by atoms with Crippen molar-refractivity contribution in [2.45, 2.75) is 5.75 Å². The quantitative estimate of drug-likeness (QED) is 0.392. The molecule has 3 rings (SSSR count). The Morgan fingerprint density at radius 2 is 1.91 bits per heavy atom. The van der Waals surface area contributed by atoms with Crippen molar-refractivity contribution in [1.29, 1.82) is 0 Å². The number of rotatable bonds is 3. The second-order valence-electron chi connectivity index (χ2n) is 4.81. The van der Waals surface area contributed by atoms with Crippen molar-refractivity contribution in [2.24, 2.45) is 0 Å². The third-order valence-corrected chi connectivity index (χ3v) is 5.12. The van der Waals surface area contributed by atoms with E-state index >= 15 is 0 Å². The number of aromatic hydroxyl groups is 2. The van der Waals surface area contributed by atoms with Gasteiger partial charge in [-0.15, -0.1) is 0 Å². The number of carboxylic acid groups (broad SMARTS) is 1. The van der Waals surface area contributed by atoms with Crippen molar-refractivity contribution in [1.82, 2.24) is 0 Å². The molecule has 3 N–H and O–H groups in total. The van der Waals surface area contributed by atoms with Gasteiger partial charge in [0.05, 0.1) is 5.57 Å². The van der Waals surface area contributed by atoms with Gasteiger partial charge >= 0.3 is 11.6 Å². The Labute approximate surface area is 127 Å². The van der Waals surface area contributed by atoms with Crippen LogP contribution in [0, 0.1) is 0 Å². The zero-order chi connectivity index (χ0) is 15.9. The molecule has 6 nitrogen and oxygen atoms in total. The maximum atomic E-state index is 11.6. The second-order valence-corrected chi connectivity index (χ2v) is 6.71.